The lowest BCUT2D eigenvalue weighted by molar-refractivity contribution is -0.113. The zero-order chi connectivity index (χ0) is 24.5. The van der Waals surface area contributed by atoms with E-state index in [-0.39, 0.29) is 17.2 Å². The van der Waals surface area contributed by atoms with Gasteiger partial charge in [-0.25, -0.2) is 4.98 Å². The van der Waals surface area contributed by atoms with Gasteiger partial charge in [-0.05, 0) is 68.3 Å². The van der Waals surface area contributed by atoms with Gasteiger partial charge in [0.15, 0.2) is 5.16 Å². The Hall–Kier alpha value is -3.62. The molecule has 0 saturated heterocycles. The van der Waals surface area contributed by atoms with Crippen molar-refractivity contribution in [2.45, 2.75) is 25.9 Å². The fourth-order valence-electron chi connectivity index (χ4n) is 3.78. The second-order valence-corrected chi connectivity index (χ2v) is 10.0. The summed E-state index contributed by atoms with van der Waals surface area (Å²) in [5.41, 5.74) is 4.26. The van der Waals surface area contributed by atoms with E-state index in [1.54, 1.807) is 4.57 Å². The van der Waals surface area contributed by atoms with Gasteiger partial charge in [0.05, 0.1) is 16.8 Å². The van der Waals surface area contributed by atoms with Crippen LogP contribution in [0.5, 0.6) is 0 Å². The van der Waals surface area contributed by atoms with Crippen LogP contribution in [0.3, 0.4) is 0 Å². The minimum absolute atomic E-state index is 0.118. The Labute approximate surface area is 210 Å². The van der Waals surface area contributed by atoms with Crippen molar-refractivity contribution in [3.8, 4) is 17.0 Å². The quantitative estimate of drug-likeness (QED) is 0.216. The van der Waals surface area contributed by atoms with Crippen LogP contribution in [0.15, 0.2) is 80.4 Å². The normalized spacial score (nSPS) is 11.2. The fraction of sp³-hybridized carbons (Fsp3) is 0.148. The van der Waals surface area contributed by atoms with Gasteiger partial charge in [-0.1, -0.05) is 36.0 Å². The van der Waals surface area contributed by atoms with Crippen molar-refractivity contribution in [2.75, 3.05) is 11.1 Å². The number of nitrogens with zero attached hydrogens (tertiary/aromatic N) is 2. The van der Waals surface area contributed by atoms with Crippen molar-refractivity contribution < 1.29 is 9.21 Å². The molecule has 3 heterocycles. The number of furan rings is 1. The van der Waals surface area contributed by atoms with Crippen LogP contribution < -0.4 is 10.9 Å². The van der Waals surface area contributed by atoms with Crippen LogP contribution in [0.2, 0.25) is 0 Å². The maximum Gasteiger partial charge on any atom is 0.268 e. The molecule has 176 valence electrons. The molecule has 0 spiro atoms. The van der Waals surface area contributed by atoms with Gasteiger partial charge in [0.1, 0.15) is 16.4 Å². The van der Waals surface area contributed by atoms with E-state index in [0.29, 0.717) is 26.8 Å². The highest BCUT2D eigenvalue weighted by Gasteiger charge is 2.20. The topological polar surface area (TPSA) is 77.1 Å². The Morgan fingerprint density at radius 3 is 2.57 bits per heavy atom. The van der Waals surface area contributed by atoms with E-state index in [4.69, 9.17) is 9.40 Å². The molecule has 5 aromatic rings. The van der Waals surface area contributed by atoms with Crippen LogP contribution in [0.4, 0.5) is 5.69 Å². The lowest BCUT2D eigenvalue weighted by Gasteiger charge is -2.13. The van der Waals surface area contributed by atoms with Crippen molar-refractivity contribution in [1.82, 2.24) is 9.55 Å². The Bertz CT molecular complexity index is 1600. The third-order valence-electron chi connectivity index (χ3n) is 5.72. The van der Waals surface area contributed by atoms with E-state index in [1.807, 2.05) is 86.8 Å². The number of carbonyl (C=O) groups is 1. The first-order valence-corrected chi connectivity index (χ1v) is 12.9. The second kappa shape index (κ2) is 9.56. The van der Waals surface area contributed by atoms with Crippen molar-refractivity contribution in [3.05, 3.63) is 93.3 Å². The molecule has 0 aliphatic rings. The smallest absolute Gasteiger partial charge is 0.268 e. The van der Waals surface area contributed by atoms with Gasteiger partial charge in [0.2, 0.25) is 5.91 Å². The number of hydrogen-bond acceptors (Lipinski definition) is 6. The lowest BCUT2D eigenvalue weighted by atomic mass is 10.1. The molecule has 0 unspecified atom stereocenters. The highest BCUT2D eigenvalue weighted by molar-refractivity contribution is 7.99. The van der Waals surface area contributed by atoms with E-state index >= 15 is 0 Å². The number of nitrogens with one attached hydrogen (secondary N) is 1. The molecule has 0 aliphatic heterocycles. The number of thiophene rings is 1. The summed E-state index contributed by atoms with van der Waals surface area (Å²) in [5.74, 6) is 1.37. The third-order valence-corrected chi connectivity index (χ3v) is 7.53. The molecule has 6 nitrogen and oxygen atoms in total. The minimum atomic E-state index is -0.191. The Balaban J connectivity index is 1.51. The predicted octanol–water partition coefficient (Wildman–Crippen LogP) is 6.36. The highest BCUT2D eigenvalue weighted by Crippen LogP contribution is 2.34. The zero-order valence-electron chi connectivity index (χ0n) is 19.5. The molecule has 0 fully saturated rings. The molecule has 1 N–H and O–H groups in total. The van der Waals surface area contributed by atoms with Crippen molar-refractivity contribution >= 4 is 44.9 Å². The molecule has 0 bridgehead atoms. The van der Waals surface area contributed by atoms with Gasteiger partial charge in [-0.2, -0.15) is 0 Å². The lowest BCUT2D eigenvalue weighted by Crippen LogP contribution is -2.22. The molecule has 2 aromatic carbocycles. The molecule has 1 amide bonds. The van der Waals surface area contributed by atoms with Crippen LogP contribution in [0, 0.1) is 20.8 Å². The van der Waals surface area contributed by atoms with Crippen LogP contribution in [0.1, 0.15) is 16.9 Å². The van der Waals surface area contributed by atoms with Crippen LogP contribution >= 0.6 is 23.1 Å². The SMILES string of the molecule is Cc1ccc(-c2csc3nc(SCC(=O)Nc4ccc(C)c(C)c4)n(-c4ccccc4)c(=O)c23)o1. The summed E-state index contributed by atoms with van der Waals surface area (Å²) in [6, 6.07) is 18.9. The number of amides is 1. The molecular formula is C27H23N3O3S2. The monoisotopic (exact) mass is 501 g/mol. The summed E-state index contributed by atoms with van der Waals surface area (Å²) in [6.45, 7) is 5.91. The number of fused-ring (bicyclic) bond motifs is 1. The van der Waals surface area contributed by atoms with Crippen LogP contribution in [0.25, 0.3) is 27.2 Å². The van der Waals surface area contributed by atoms with Crippen molar-refractivity contribution in [3.63, 3.8) is 0 Å². The number of hydrogen-bond donors (Lipinski definition) is 1. The van der Waals surface area contributed by atoms with Gasteiger partial charge in [0, 0.05) is 16.6 Å². The van der Waals surface area contributed by atoms with Gasteiger partial charge in [0.25, 0.3) is 5.56 Å². The number of aryl methyl sites for hydroxylation is 3. The molecule has 0 radical (unpaired) electrons. The van der Waals surface area contributed by atoms with E-state index in [0.717, 1.165) is 22.6 Å². The van der Waals surface area contributed by atoms with Gasteiger partial charge >= 0.3 is 0 Å². The molecule has 8 heteroatoms. The number of anilines is 1. The minimum Gasteiger partial charge on any atom is -0.461 e. The van der Waals surface area contributed by atoms with Crippen LogP contribution in [-0.2, 0) is 4.79 Å². The number of para-hydroxylation sites is 1. The van der Waals surface area contributed by atoms with E-state index in [1.165, 1.54) is 28.7 Å². The number of benzene rings is 2. The van der Waals surface area contributed by atoms with E-state index in [9.17, 15) is 9.59 Å². The standard InChI is InChI=1S/C27H23N3O3S2/c1-16-9-11-19(13-17(16)2)28-23(31)15-35-27-29-25-24(21(14-34-25)22-12-10-18(3)33-22)26(32)30(27)20-7-5-4-6-8-20/h4-14H,15H2,1-3H3,(H,28,31). The van der Waals surface area contributed by atoms with Crippen LogP contribution in [-0.4, -0.2) is 21.2 Å². The first kappa shape index (κ1) is 23.1. The van der Waals surface area contributed by atoms with Crippen molar-refractivity contribution in [1.29, 1.82) is 0 Å². The molecule has 0 saturated carbocycles. The highest BCUT2D eigenvalue weighted by atomic mass is 32.2. The summed E-state index contributed by atoms with van der Waals surface area (Å²) in [5, 5.41) is 5.81. The van der Waals surface area contributed by atoms with E-state index < -0.39 is 0 Å². The molecule has 0 aliphatic carbocycles. The molecule has 3 aromatic heterocycles. The average Bonchev–Trinajstić information content (AvgIpc) is 3.47. The van der Waals surface area contributed by atoms with Gasteiger partial charge in [-0.3, -0.25) is 14.2 Å². The number of carbonyl (C=O) groups excluding carboxylic acids is 1. The molecular weight excluding hydrogens is 478 g/mol. The maximum absolute atomic E-state index is 13.8. The summed E-state index contributed by atoms with van der Waals surface area (Å²) in [6.07, 6.45) is 0. The summed E-state index contributed by atoms with van der Waals surface area (Å²) < 4.78 is 7.36. The summed E-state index contributed by atoms with van der Waals surface area (Å²) in [4.78, 5) is 31.9. The molecule has 0 atom stereocenters. The average molecular weight is 502 g/mol. The largest absolute Gasteiger partial charge is 0.461 e. The first-order valence-electron chi connectivity index (χ1n) is 11.1. The Morgan fingerprint density at radius 2 is 1.86 bits per heavy atom. The number of aromatic nitrogens is 2. The third kappa shape index (κ3) is 4.67. The number of thioether (sulfide) groups is 1. The maximum atomic E-state index is 13.8. The summed E-state index contributed by atoms with van der Waals surface area (Å²) >= 11 is 2.63. The van der Waals surface area contributed by atoms with Gasteiger partial charge < -0.3 is 9.73 Å². The number of rotatable bonds is 6. The van der Waals surface area contributed by atoms with E-state index in [2.05, 4.69) is 5.32 Å². The Morgan fingerprint density at radius 1 is 1.06 bits per heavy atom. The van der Waals surface area contributed by atoms with Gasteiger partial charge in [-0.15, -0.1) is 11.3 Å². The molecule has 5 rings (SSSR count). The zero-order valence-corrected chi connectivity index (χ0v) is 21.1. The fourth-order valence-corrected chi connectivity index (χ4v) is 5.56. The predicted molar refractivity (Wildman–Crippen MR) is 143 cm³/mol. The summed E-state index contributed by atoms with van der Waals surface area (Å²) in [7, 11) is 0. The van der Waals surface area contributed by atoms with Crippen molar-refractivity contribution in [2.24, 2.45) is 0 Å². The Kier molecular flexibility index (Phi) is 6.32. The molecule has 35 heavy (non-hydrogen) atoms. The first-order chi connectivity index (χ1) is 16.9. The second-order valence-electron chi connectivity index (χ2n) is 8.25.